The van der Waals surface area contributed by atoms with E-state index in [0.717, 1.165) is 24.8 Å². The van der Waals surface area contributed by atoms with Crippen LogP contribution < -0.4 is 0 Å². The molecule has 21 heavy (non-hydrogen) atoms. The van der Waals surface area contributed by atoms with E-state index in [1.807, 2.05) is 0 Å². The van der Waals surface area contributed by atoms with E-state index >= 15 is 0 Å². The van der Waals surface area contributed by atoms with Crippen LogP contribution >= 0.6 is 0 Å². The molecule has 0 aliphatic carbocycles. The highest BCUT2D eigenvalue weighted by atomic mass is 32.2. The van der Waals surface area contributed by atoms with E-state index in [0.29, 0.717) is 11.8 Å². The van der Waals surface area contributed by atoms with Crippen molar-refractivity contribution in [2.45, 2.75) is 64.2 Å². The summed E-state index contributed by atoms with van der Waals surface area (Å²) in [5.41, 5.74) is 1.13. The molecule has 4 heteroatoms. The largest absolute Gasteiger partial charge is 0.744 e. The van der Waals surface area contributed by atoms with E-state index < -0.39 is 10.1 Å². The SMILES string of the molecule is CCCC(C)(CC(C)C(C)C)c1ccc(S(=O)(=O)[O-])cc1. The van der Waals surface area contributed by atoms with Crippen LogP contribution in [0.15, 0.2) is 29.2 Å². The molecule has 1 aromatic rings. The van der Waals surface area contributed by atoms with Crippen molar-refractivity contribution in [1.29, 1.82) is 0 Å². The zero-order chi connectivity index (χ0) is 16.3. The summed E-state index contributed by atoms with van der Waals surface area (Å²) in [6.07, 6.45) is 3.18. The van der Waals surface area contributed by atoms with E-state index in [2.05, 4.69) is 34.6 Å². The molecule has 0 saturated carbocycles. The zero-order valence-corrected chi connectivity index (χ0v) is 14.5. The summed E-state index contributed by atoms with van der Waals surface area (Å²) in [6.45, 7) is 11.1. The maximum absolute atomic E-state index is 11.0. The summed E-state index contributed by atoms with van der Waals surface area (Å²) >= 11 is 0. The average molecular weight is 311 g/mol. The fourth-order valence-electron chi connectivity index (χ4n) is 2.89. The van der Waals surface area contributed by atoms with Gasteiger partial charge in [0.2, 0.25) is 0 Å². The second kappa shape index (κ2) is 6.93. The fourth-order valence-corrected chi connectivity index (χ4v) is 3.36. The molecule has 0 saturated heterocycles. The molecule has 0 heterocycles. The Morgan fingerprint density at radius 3 is 2.05 bits per heavy atom. The smallest absolute Gasteiger partial charge is 0.124 e. The lowest BCUT2D eigenvalue weighted by molar-refractivity contribution is 0.278. The third kappa shape index (κ3) is 4.82. The lowest BCUT2D eigenvalue weighted by atomic mass is 9.71. The van der Waals surface area contributed by atoms with E-state index in [-0.39, 0.29) is 10.3 Å². The quantitative estimate of drug-likeness (QED) is 0.704. The maximum Gasteiger partial charge on any atom is 0.124 e. The van der Waals surface area contributed by atoms with Crippen LogP contribution in [0.5, 0.6) is 0 Å². The van der Waals surface area contributed by atoms with Gasteiger partial charge in [0.15, 0.2) is 0 Å². The van der Waals surface area contributed by atoms with Crippen molar-refractivity contribution in [1.82, 2.24) is 0 Å². The van der Waals surface area contributed by atoms with Gasteiger partial charge in [0.1, 0.15) is 10.1 Å². The first-order valence-electron chi connectivity index (χ1n) is 7.66. The Bertz CT molecular complexity index is 546. The van der Waals surface area contributed by atoms with Crippen LogP contribution in [0, 0.1) is 11.8 Å². The van der Waals surface area contributed by atoms with Crippen molar-refractivity contribution in [2.75, 3.05) is 0 Å². The molecular formula is C17H27O3S-. The highest BCUT2D eigenvalue weighted by Crippen LogP contribution is 2.37. The van der Waals surface area contributed by atoms with Crippen LogP contribution in [-0.2, 0) is 15.5 Å². The minimum Gasteiger partial charge on any atom is -0.744 e. The number of hydrogen-bond donors (Lipinski definition) is 0. The van der Waals surface area contributed by atoms with Gasteiger partial charge < -0.3 is 4.55 Å². The molecule has 1 aromatic carbocycles. The number of rotatable bonds is 7. The molecule has 2 unspecified atom stereocenters. The lowest BCUT2D eigenvalue weighted by Gasteiger charge is -2.34. The molecule has 2 atom stereocenters. The second-order valence-corrected chi connectivity index (χ2v) is 8.09. The van der Waals surface area contributed by atoms with Crippen LogP contribution in [-0.4, -0.2) is 13.0 Å². The van der Waals surface area contributed by atoms with Gasteiger partial charge >= 0.3 is 0 Å². The molecule has 0 aliphatic heterocycles. The van der Waals surface area contributed by atoms with Gasteiger partial charge in [-0.1, -0.05) is 53.2 Å². The van der Waals surface area contributed by atoms with Gasteiger partial charge in [0.05, 0.1) is 4.90 Å². The number of hydrogen-bond acceptors (Lipinski definition) is 3. The standard InChI is InChI=1S/C17H28O3S/c1-6-11-17(5,12-14(4)13(2)3)15-7-9-16(10-8-15)21(18,19)20/h7-10,13-14H,6,11-12H2,1-5H3,(H,18,19,20)/p-1. The fraction of sp³-hybridized carbons (Fsp3) is 0.647. The molecule has 3 nitrogen and oxygen atoms in total. The van der Waals surface area contributed by atoms with Crippen LogP contribution in [0.3, 0.4) is 0 Å². The second-order valence-electron chi connectivity index (χ2n) is 6.71. The minimum absolute atomic E-state index is 0.0175. The van der Waals surface area contributed by atoms with Crippen molar-refractivity contribution in [3.05, 3.63) is 29.8 Å². The Morgan fingerprint density at radius 2 is 1.67 bits per heavy atom. The lowest BCUT2D eigenvalue weighted by Crippen LogP contribution is -2.26. The first kappa shape index (κ1) is 18.2. The topological polar surface area (TPSA) is 57.2 Å². The molecule has 0 bridgehead atoms. The van der Waals surface area contributed by atoms with Crippen LogP contribution in [0.1, 0.15) is 59.4 Å². The van der Waals surface area contributed by atoms with Crippen LogP contribution in [0.2, 0.25) is 0 Å². The van der Waals surface area contributed by atoms with Gasteiger partial charge in [-0.2, -0.15) is 0 Å². The minimum atomic E-state index is -4.36. The Hall–Kier alpha value is -0.870. The van der Waals surface area contributed by atoms with E-state index in [4.69, 9.17) is 0 Å². The molecule has 0 radical (unpaired) electrons. The predicted octanol–water partition coefficient (Wildman–Crippen LogP) is 4.33. The third-order valence-electron chi connectivity index (χ3n) is 4.55. The highest BCUT2D eigenvalue weighted by Gasteiger charge is 2.28. The number of benzene rings is 1. The molecular weight excluding hydrogens is 284 g/mol. The van der Waals surface area contributed by atoms with Gasteiger partial charge in [-0.25, -0.2) is 8.42 Å². The Morgan fingerprint density at radius 1 is 1.14 bits per heavy atom. The van der Waals surface area contributed by atoms with Crippen molar-refractivity contribution < 1.29 is 13.0 Å². The van der Waals surface area contributed by atoms with Crippen molar-refractivity contribution in [3.63, 3.8) is 0 Å². The molecule has 1 rings (SSSR count). The van der Waals surface area contributed by atoms with Crippen LogP contribution in [0.25, 0.3) is 0 Å². The monoisotopic (exact) mass is 311 g/mol. The molecule has 120 valence electrons. The highest BCUT2D eigenvalue weighted by molar-refractivity contribution is 7.85. The van der Waals surface area contributed by atoms with E-state index in [9.17, 15) is 13.0 Å². The summed E-state index contributed by atoms with van der Waals surface area (Å²) in [4.78, 5) is -0.151. The Labute approximate surface area is 129 Å². The Kier molecular flexibility index (Phi) is 6.00. The van der Waals surface area contributed by atoms with Crippen molar-refractivity contribution in [3.8, 4) is 0 Å². The van der Waals surface area contributed by atoms with Gasteiger partial charge in [-0.15, -0.1) is 0 Å². The molecule has 0 spiro atoms. The summed E-state index contributed by atoms with van der Waals surface area (Å²) in [7, 11) is -4.36. The Balaban J connectivity index is 3.10. The average Bonchev–Trinajstić information content (AvgIpc) is 2.38. The van der Waals surface area contributed by atoms with Crippen LogP contribution in [0.4, 0.5) is 0 Å². The van der Waals surface area contributed by atoms with Gasteiger partial charge in [0, 0.05) is 0 Å². The molecule has 0 aliphatic rings. The van der Waals surface area contributed by atoms with Crippen molar-refractivity contribution >= 4 is 10.1 Å². The van der Waals surface area contributed by atoms with Crippen molar-refractivity contribution in [2.24, 2.45) is 11.8 Å². The summed E-state index contributed by atoms with van der Waals surface area (Å²) in [5.74, 6) is 1.20. The summed E-state index contributed by atoms with van der Waals surface area (Å²) < 4.78 is 33.1. The molecule has 0 N–H and O–H groups in total. The predicted molar refractivity (Wildman–Crippen MR) is 85.3 cm³/mol. The van der Waals surface area contributed by atoms with E-state index in [1.54, 1.807) is 12.1 Å². The van der Waals surface area contributed by atoms with Gasteiger partial charge in [0.25, 0.3) is 0 Å². The first-order chi connectivity index (χ1) is 9.60. The normalized spacial score (nSPS) is 16.7. The molecule has 0 fully saturated rings. The molecule has 0 aromatic heterocycles. The van der Waals surface area contributed by atoms with Gasteiger partial charge in [-0.05, 0) is 47.8 Å². The maximum atomic E-state index is 11.0. The third-order valence-corrected chi connectivity index (χ3v) is 5.40. The van der Waals surface area contributed by atoms with E-state index in [1.165, 1.54) is 12.1 Å². The summed E-state index contributed by atoms with van der Waals surface area (Å²) in [5, 5.41) is 0. The van der Waals surface area contributed by atoms with Gasteiger partial charge in [-0.3, -0.25) is 0 Å². The first-order valence-corrected chi connectivity index (χ1v) is 9.07. The molecule has 0 amide bonds. The summed E-state index contributed by atoms with van der Waals surface area (Å²) in [6, 6.07) is 6.47. The zero-order valence-electron chi connectivity index (χ0n) is 13.7.